The topological polar surface area (TPSA) is 90.2 Å². The zero-order valence-corrected chi connectivity index (χ0v) is 20.6. The Bertz CT molecular complexity index is 321. The van der Waals surface area contributed by atoms with Gasteiger partial charge in [0, 0.05) is 12.8 Å². The van der Waals surface area contributed by atoms with Crippen molar-refractivity contribution in [2.24, 2.45) is 0 Å². The fraction of sp³-hybridized carbons (Fsp3) is 1.00. The van der Waals surface area contributed by atoms with Crippen LogP contribution in [0.25, 0.3) is 0 Å². The average Bonchev–Trinajstić information content (AvgIpc) is 2.77. The van der Waals surface area contributed by atoms with Crippen LogP contribution in [-0.4, -0.2) is 58.1 Å². The molecule has 0 aliphatic rings. The van der Waals surface area contributed by atoms with E-state index in [1.165, 1.54) is 77.0 Å². The molecular weight excluding hydrogens is 392 g/mol. The fourth-order valence-corrected chi connectivity index (χ4v) is 4.17. The van der Waals surface area contributed by atoms with E-state index in [0.717, 1.165) is 25.7 Å². The van der Waals surface area contributed by atoms with Crippen LogP contribution in [0.4, 0.5) is 0 Å². The summed E-state index contributed by atoms with van der Waals surface area (Å²) in [7, 11) is 0. The molecule has 0 bridgehead atoms. The van der Waals surface area contributed by atoms with Crippen LogP contribution in [0.5, 0.6) is 0 Å². The summed E-state index contributed by atoms with van der Waals surface area (Å²) in [6, 6.07) is 0. The highest BCUT2D eigenvalue weighted by molar-refractivity contribution is 4.71. The number of hydrogen-bond acceptors (Lipinski definition) is 5. The van der Waals surface area contributed by atoms with Gasteiger partial charge < -0.3 is 25.2 Å². The van der Waals surface area contributed by atoms with Crippen molar-refractivity contribution in [2.45, 2.75) is 154 Å². The summed E-state index contributed by atoms with van der Waals surface area (Å²) in [5, 5.41) is 38.5. The molecule has 0 rings (SSSR count). The molecule has 0 amide bonds. The largest absolute Gasteiger partial charge is 0.394 e. The number of aliphatic hydroxyl groups excluding tert-OH is 4. The van der Waals surface area contributed by atoms with Crippen molar-refractivity contribution in [2.75, 3.05) is 13.2 Å². The van der Waals surface area contributed by atoms with E-state index in [-0.39, 0.29) is 25.4 Å². The smallest absolute Gasteiger partial charge is 0.0795 e. The summed E-state index contributed by atoms with van der Waals surface area (Å²) < 4.78 is 6.34. The molecule has 0 radical (unpaired) electrons. The van der Waals surface area contributed by atoms with E-state index in [4.69, 9.17) is 4.74 Å². The van der Waals surface area contributed by atoms with Gasteiger partial charge in [-0.15, -0.1) is 0 Å². The molecule has 0 heterocycles. The van der Waals surface area contributed by atoms with Crippen LogP contribution >= 0.6 is 0 Å². The molecule has 4 atom stereocenters. The molecule has 0 aliphatic heterocycles. The number of unbranched alkanes of at least 4 members (excludes halogenated alkanes) is 12. The molecule has 0 aliphatic carbocycles. The Morgan fingerprint density at radius 3 is 1.16 bits per heavy atom. The predicted molar refractivity (Wildman–Crippen MR) is 129 cm³/mol. The maximum absolute atomic E-state index is 9.97. The Balaban J connectivity index is 4.48. The minimum Gasteiger partial charge on any atom is -0.394 e. The van der Waals surface area contributed by atoms with Gasteiger partial charge in [-0.05, 0) is 12.8 Å². The minimum absolute atomic E-state index is 0.113. The van der Waals surface area contributed by atoms with Gasteiger partial charge in [-0.2, -0.15) is 0 Å². The van der Waals surface area contributed by atoms with Crippen LogP contribution in [0.2, 0.25) is 0 Å². The van der Waals surface area contributed by atoms with Crippen LogP contribution in [0, 0.1) is 0 Å². The van der Waals surface area contributed by atoms with Gasteiger partial charge in [0.2, 0.25) is 0 Å². The highest BCUT2D eigenvalue weighted by Crippen LogP contribution is 2.21. The number of ether oxygens (including phenoxy) is 1. The molecule has 0 saturated heterocycles. The molecule has 0 fully saturated rings. The molecule has 5 heteroatoms. The maximum Gasteiger partial charge on any atom is 0.0795 e. The summed E-state index contributed by atoms with van der Waals surface area (Å²) in [5.74, 6) is 0. The molecule has 188 valence electrons. The van der Waals surface area contributed by atoms with Gasteiger partial charge >= 0.3 is 0 Å². The first-order valence-corrected chi connectivity index (χ1v) is 13.3. The highest BCUT2D eigenvalue weighted by atomic mass is 16.5. The first-order valence-electron chi connectivity index (χ1n) is 13.3. The summed E-state index contributed by atoms with van der Waals surface area (Å²) in [5.41, 5.74) is 0. The van der Waals surface area contributed by atoms with Crippen LogP contribution in [0.3, 0.4) is 0 Å². The molecule has 4 unspecified atom stereocenters. The van der Waals surface area contributed by atoms with Crippen LogP contribution in [-0.2, 0) is 4.74 Å². The third-order valence-corrected chi connectivity index (χ3v) is 6.14. The third-order valence-electron chi connectivity index (χ3n) is 6.14. The maximum atomic E-state index is 9.97. The van der Waals surface area contributed by atoms with E-state index >= 15 is 0 Å². The lowest BCUT2D eigenvalue weighted by Gasteiger charge is -2.28. The summed E-state index contributed by atoms with van der Waals surface area (Å²) in [4.78, 5) is 0. The van der Waals surface area contributed by atoms with Gasteiger partial charge in [-0.1, -0.05) is 104 Å². The van der Waals surface area contributed by atoms with Gasteiger partial charge in [0.05, 0.1) is 37.6 Å². The third kappa shape index (κ3) is 20.2. The fourth-order valence-electron chi connectivity index (χ4n) is 4.17. The van der Waals surface area contributed by atoms with Gasteiger partial charge in [0.1, 0.15) is 0 Å². The van der Waals surface area contributed by atoms with Gasteiger partial charge in [0.15, 0.2) is 0 Å². The van der Waals surface area contributed by atoms with E-state index in [9.17, 15) is 20.4 Å². The molecule has 4 N–H and O–H groups in total. The van der Waals surface area contributed by atoms with E-state index in [1.807, 2.05) is 0 Å². The lowest BCUT2D eigenvalue weighted by molar-refractivity contribution is -0.0712. The molecule has 0 aromatic carbocycles. The van der Waals surface area contributed by atoms with E-state index in [0.29, 0.717) is 12.8 Å². The highest BCUT2D eigenvalue weighted by Gasteiger charge is 2.21. The van der Waals surface area contributed by atoms with Crippen molar-refractivity contribution in [1.82, 2.24) is 0 Å². The van der Waals surface area contributed by atoms with Crippen LogP contribution in [0.15, 0.2) is 0 Å². The van der Waals surface area contributed by atoms with Crippen molar-refractivity contribution in [3.8, 4) is 0 Å². The zero-order valence-electron chi connectivity index (χ0n) is 20.6. The average molecular weight is 447 g/mol. The Morgan fingerprint density at radius 2 is 0.839 bits per heavy atom. The lowest BCUT2D eigenvalue weighted by Crippen LogP contribution is -2.31. The van der Waals surface area contributed by atoms with Gasteiger partial charge in [-0.25, -0.2) is 0 Å². The Labute approximate surface area is 192 Å². The van der Waals surface area contributed by atoms with E-state index in [2.05, 4.69) is 13.8 Å². The van der Waals surface area contributed by atoms with Crippen molar-refractivity contribution in [3.63, 3.8) is 0 Å². The van der Waals surface area contributed by atoms with E-state index < -0.39 is 12.2 Å². The second kappa shape index (κ2) is 23.0. The van der Waals surface area contributed by atoms with Crippen molar-refractivity contribution >= 4 is 0 Å². The molecular formula is C26H54O5. The zero-order chi connectivity index (χ0) is 23.2. The molecule has 31 heavy (non-hydrogen) atoms. The second-order valence-electron chi connectivity index (χ2n) is 9.34. The SMILES string of the molecule is CCCCCCCCCC(CC(O)CO)OC(CCCCCCCCC)CC(O)CO. The molecule has 0 spiro atoms. The number of rotatable bonds is 24. The summed E-state index contributed by atoms with van der Waals surface area (Å²) in [6.45, 7) is 3.95. The Morgan fingerprint density at radius 1 is 0.516 bits per heavy atom. The van der Waals surface area contributed by atoms with Crippen LogP contribution < -0.4 is 0 Å². The molecule has 0 aromatic heterocycles. The Kier molecular flexibility index (Phi) is 22.8. The lowest BCUT2D eigenvalue weighted by atomic mass is 10.0. The minimum atomic E-state index is -0.767. The first kappa shape index (κ1) is 30.8. The first-order chi connectivity index (χ1) is 15.1. The molecule has 0 aromatic rings. The predicted octanol–water partition coefficient (Wildman–Crippen LogP) is 5.51. The van der Waals surface area contributed by atoms with Crippen LogP contribution in [0.1, 0.15) is 129 Å². The normalized spacial score (nSPS) is 15.7. The number of aliphatic hydroxyl groups is 4. The summed E-state index contributed by atoms with van der Waals surface area (Å²) >= 11 is 0. The second-order valence-corrected chi connectivity index (χ2v) is 9.34. The van der Waals surface area contributed by atoms with Gasteiger partial charge in [0.25, 0.3) is 0 Å². The van der Waals surface area contributed by atoms with Crippen molar-refractivity contribution in [3.05, 3.63) is 0 Å². The van der Waals surface area contributed by atoms with Gasteiger partial charge in [-0.3, -0.25) is 0 Å². The van der Waals surface area contributed by atoms with Crippen molar-refractivity contribution in [1.29, 1.82) is 0 Å². The van der Waals surface area contributed by atoms with E-state index in [1.54, 1.807) is 0 Å². The Hall–Kier alpha value is -0.200. The standard InChI is InChI=1S/C26H54O5/c1-3-5-7-9-11-13-15-17-25(19-23(29)21-27)31-26(20-24(30)22-28)18-16-14-12-10-8-6-4-2/h23-30H,3-22H2,1-2H3. The quantitative estimate of drug-likeness (QED) is 0.147. The van der Waals surface area contributed by atoms with Crippen molar-refractivity contribution < 1.29 is 25.2 Å². The summed E-state index contributed by atoms with van der Waals surface area (Å²) in [6.07, 6.45) is 18.1. The monoisotopic (exact) mass is 446 g/mol. The molecule has 0 saturated carbocycles. The number of hydrogen-bond donors (Lipinski definition) is 4. The molecule has 5 nitrogen and oxygen atoms in total.